The molecule has 0 bridgehead atoms. The van der Waals surface area contributed by atoms with Crippen LogP contribution in [0.1, 0.15) is 23.2 Å². The van der Waals surface area contributed by atoms with Crippen molar-refractivity contribution in [2.75, 3.05) is 4.90 Å². The minimum Gasteiger partial charge on any atom is -0.305 e. The Labute approximate surface area is 159 Å². The van der Waals surface area contributed by atoms with Crippen molar-refractivity contribution in [1.29, 1.82) is 0 Å². The van der Waals surface area contributed by atoms with Crippen LogP contribution in [0, 0.1) is 9.39 Å². The molecule has 1 aromatic carbocycles. The smallest absolute Gasteiger partial charge is 0.258 e. The number of hydrogen-bond donors (Lipinski definition) is 0. The normalized spacial score (nSPS) is 14.1. The lowest BCUT2D eigenvalue weighted by atomic mass is 10.2. The number of pyridine rings is 1. The lowest BCUT2D eigenvalue weighted by Crippen LogP contribution is -2.33. The first-order valence-electron chi connectivity index (χ1n) is 7.46. The fourth-order valence-electron chi connectivity index (χ4n) is 2.68. The first-order chi connectivity index (χ1) is 11.5. The molecule has 3 aromatic rings. The molecule has 0 atom stereocenters. The number of nitrogens with zero attached hydrogens (tertiary/aromatic N) is 3. The number of halogens is 3. The Bertz CT molecular complexity index is 954. The summed E-state index contributed by atoms with van der Waals surface area (Å²) >= 11 is 5.38. The van der Waals surface area contributed by atoms with E-state index in [1.54, 1.807) is 46.1 Å². The van der Waals surface area contributed by atoms with Crippen molar-refractivity contribution in [2.45, 2.75) is 18.9 Å². The average Bonchev–Trinajstić information content (AvgIpc) is 3.34. The predicted octanol–water partition coefficient (Wildman–Crippen LogP) is 4.65. The lowest BCUT2D eigenvalue weighted by Gasteiger charge is -2.23. The van der Waals surface area contributed by atoms with Crippen LogP contribution in [0.2, 0.25) is 0 Å². The third kappa shape index (κ3) is 2.83. The molecular formula is C17H12BrFIN3O. The monoisotopic (exact) mass is 499 g/mol. The molecular weight excluding hydrogens is 488 g/mol. The van der Waals surface area contributed by atoms with Crippen molar-refractivity contribution < 1.29 is 9.18 Å². The minimum atomic E-state index is -0.305. The molecule has 0 saturated heterocycles. The van der Waals surface area contributed by atoms with E-state index >= 15 is 0 Å². The Morgan fingerprint density at radius 2 is 2.12 bits per heavy atom. The van der Waals surface area contributed by atoms with E-state index in [1.807, 2.05) is 22.6 Å². The second-order valence-corrected chi connectivity index (χ2v) is 7.76. The zero-order chi connectivity index (χ0) is 16.8. The lowest BCUT2D eigenvalue weighted by molar-refractivity contribution is 0.0985. The summed E-state index contributed by atoms with van der Waals surface area (Å²) in [4.78, 5) is 14.8. The van der Waals surface area contributed by atoms with E-state index < -0.39 is 0 Å². The van der Waals surface area contributed by atoms with Gasteiger partial charge in [0.05, 0.1) is 16.2 Å². The largest absolute Gasteiger partial charge is 0.305 e. The zero-order valence-corrected chi connectivity index (χ0v) is 16.2. The van der Waals surface area contributed by atoms with Crippen molar-refractivity contribution in [3.8, 4) is 0 Å². The Kier molecular flexibility index (Phi) is 4.07. The molecule has 0 N–H and O–H groups in total. The van der Waals surface area contributed by atoms with E-state index in [9.17, 15) is 9.18 Å². The topological polar surface area (TPSA) is 37.6 Å². The summed E-state index contributed by atoms with van der Waals surface area (Å²) < 4.78 is 17.0. The number of amides is 1. The van der Waals surface area contributed by atoms with E-state index in [-0.39, 0.29) is 17.8 Å². The summed E-state index contributed by atoms with van der Waals surface area (Å²) in [6.07, 6.45) is 5.33. The first kappa shape index (κ1) is 16.0. The highest BCUT2D eigenvalue weighted by Gasteiger charge is 2.34. The van der Waals surface area contributed by atoms with E-state index in [0.717, 1.165) is 22.8 Å². The molecule has 2 aromatic heterocycles. The Balaban J connectivity index is 1.75. The van der Waals surface area contributed by atoms with Crippen molar-refractivity contribution in [2.24, 2.45) is 0 Å². The van der Waals surface area contributed by atoms with Gasteiger partial charge in [0, 0.05) is 27.1 Å². The van der Waals surface area contributed by atoms with Gasteiger partial charge in [0.1, 0.15) is 5.82 Å². The highest BCUT2D eigenvalue weighted by Crippen LogP contribution is 2.34. The summed E-state index contributed by atoms with van der Waals surface area (Å²) in [5.41, 5.74) is 1.99. The maximum absolute atomic E-state index is 13.9. The number of hydrogen-bond acceptors (Lipinski definition) is 2. The Morgan fingerprint density at radius 3 is 2.83 bits per heavy atom. The second-order valence-electron chi connectivity index (χ2n) is 5.74. The number of fused-ring (bicyclic) bond motifs is 1. The highest BCUT2D eigenvalue weighted by molar-refractivity contribution is 14.1. The van der Waals surface area contributed by atoms with Crippen LogP contribution in [0.5, 0.6) is 0 Å². The number of benzene rings is 1. The molecule has 4 rings (SSSR count). The van der Waals surface area contributed by atoms with Crippen LogP contribution in [-0.2, 0) is 0 Å². The van der Waals surface area contributed by atoms with Gasteiger partial charge in [0.25, 0.3) is 5.91 Å². The maximum atomic E-state index is 13.9. The van der Waals surface area contributed by atoms with Crippen molar-refractivity contribution in [3.05, 3.63) is 62.1 Å². The fraction of sp³-hybridized carbons (Fsp3) is 0.176. The molecule has 7 heteroatoms. The third-order valence-corrected chi connectivity index (χ3v) is 5.52. The number of carbonyl (C=O) groups excluding carboxylic acids is 1. The third-order valence-electron chi connectivity index (χ3n) is 4.03. The van der Waals surface area contributed by atoms with E-state index in [1.165, 1.54) is 6.07 Å². The number of anilines is 1. The molecule has 2 heterocycles. The standard InChI is InChI=1S/C17H12BrFIN3O/c18-13-9-21-22-6-5-10(7-16(13)22)17(24)23(11-1-2-11)12-3-4-15(20)14(19)8-12/h3-9,11H,1-2H2. The molecule has 1 saturated carbocycles. The van der Waals surface area contributed by atoms with E-state index in [2.05, 4.69) is 21.0 Å². The van der Waals surface area contributed by atoms with Gasteiger partial charge >= 0.3 is 0 Å². The van der Waals surface area contributed by atoms with E-state index in [0.29, 0.717) is 14.8 Å². The second kappa shape index (κ2) is 6.11. The van der Waals surface area contributed by atoms with Crippen LogP contribution in [0.15, 0.2) is 47.2 Å². The van der Waals surface area contributed by atoms with Gasteiger partial charge in [-0.3, -0.25) is 4.79 Å². The van der Waals surface area contributed by atoms with Crippen LogP contribution in [0.3, 0.4) is 0 Å². The van der Waals surface area contributed by atoms with Crippen molar-refractivity contribution >= 4 is 55.6 Å². The van der Waals surface area contributed by atoms with Crippen LogP contribution in [-0.4, -0.2) is 21.6 Å². The molecule has 0 radical (unpaired) electrons. The van der Waals surface area contributed by atoms with Crippen LogP contribution < -0.4 is 4.90 Å². The van der Waals surface area contributed by atoms with Crippen molar-refractivity contribution in [3.63, 3.8) is 0 Å². The molecule has 1 amide bonds. The minimum absolute atomic E-state index is 0.117. The predicted molar refractivity (Wildman–Crippen MR) is 102 cm³/mol. The van der Waals surface area contributed by atoms with Gasteiger partial charge in [-0.05, 0) is 81.7 Å². The van der Waals surface area contributed by atoms with Gasteiger partial charge in [0.15, 0.2) is 0 Å². The number of carbonyl (C=O) groups is 1. The van der Waals surface area contributed by atoms with Crippen LogP contribution in [0.25, 0.3) is 5.52 Å². The van der Waals surface area contributed by atoms with Gasteiger partial charge in [-0.25, -0.2) is 8.91 Å². The van der Waals surface area contributed by atoms with Gasteiger partial charge in [-0.15, -0.1) is 0 Å². The van der Waals surface area contributed by atoms with Gasteiger partial charge in [-0.1, -0.05) is 0 Å². The molecule has 122 valence electrons. The van der Waals surface area contributed by atoms with Crippen LogP contribution >= 0.6 is 38.5 Å². The molecule has 24 heavy (non-hydrogen) atoms. The molecule has 0 aliphatic heterocycles. The molecule has 0 unspecified atom stereocenters. The first-order valence-corrected chi connectivity index (χ1v) is 9.33. The fourth-order valence-corrected chi connectivity index (χ4v) is 3.41. The number of rotatable bonds is 3. The zero-order valence-electron chi connectivity index (χ0n) is 12.4. The van der Waals surface area contributed by atoms with Gasteiger partial charge < -0.3 is 4.90 Å². The maximum Gasteiger partial charge on any atom is 0.258 e. The molecule has 0 spiro atoms. The molecule has 1 aliphatic rings. The molecule has 4 nitrogen and oxygen atoms in total. The van der Waals surface area contributed by atoms with Crippen LogP contribution in [0.4, 0.5) is 10.1 Å². The Morgan fingerprint density at radius 1 is 1.33 bits per heavy atom. The molecule has 1 aliphatic carbocycles. The van der Waals surface area contributed by atoms with E-state index in [4.69, 9.17) is 0 Å². The SMILES string of the molecule is O=C(c1ccn2ncc(Br)c2c1)N(c1ccc(I)c(F)c1)C1CC1. The summed E-state index contributed by atoms with van der Waals surface area (Å²) in [5.74, 6) is -0.422. The highest BCUT2D eigenvalue weighted by atomic mass is 127. The summed E-state index contributed by atoms with van der Waals surface area (Å²) in [6.45, 7) is 0. The summed E-state index contributed by atoms with van der Waals surface area (Å²) in [6, 6.07) is 8.62. The van der Waals surface area contributed by atoms with Gasteiger partial charge in [0.2, 0.25) is 0 Å². The molecule has 1 fully saturated rings. The Hall–Kier alpha value is -1.48. The van der Waals surface area contributed by atoms with Gasteiger partial charge in [-0.2, -0.15) is 5.10 Å². The quantitative estimate of drug-likeness (QED) is 0.492. The average molecular weight is 500 g/mol. The summed E-state index contributed by atoms with van der Waals surface area (Å²) in [5, 5.41) is 4.18. The summed E-state index contributed by atoms with van der Waals surface area (Å²) in [7, 11) is 0. The number of aromatic nitrogens is 2. The van der Waals surface area contributed by atoms with Crippen molar-refractivity contribution in [1.82, 2.24) is 9.61 Å².